The fourth-order valence-electron chi connectivity index (χ4n) is 2.19. The van der Waals surface area contributed by atoms with Crippen molar-refractivity contribution in [3.63, 3.8) is 0 Å². The summed E-state index contributed by atoms with van der Waals surface area (Å²) in [5, 5.41) is 10.9. The lowest BCUT2D eigenvalue weighted by atomic mass is 10.2. The normalized spacial score (nSPS) is 23.0. The van der Waals surface area contributed by atoms with E-state index in [0.29, 0.717) is 17.9 Å². The Balaban J connectivity index is 1.86. The molecule has 1 aliphatic heterocycles. The molecular weight excluding hydrogens is 254 g/mol. The Bertz CT molecular complexity index is 666. The van der Waals surface area contributed by atoms with Crippen LogP contribution in [0.3, 0.4) is 0 Å². The highest BCUT2D eigenvalue weighted by Gasteiger charge is 2.25. The molecule has 3 rings (SSSR count). The van der Waals surface area contributed by atoms with Crippen LogP contribution in [-0.2, 0) is 9.84 Å². The molecule has 0 bridgehead atoms. The molecule has 0 aromatic carbocycles. The first-order chi connectivity index (χ1) is 8.64. The second kappa shape index (κ2) is 4.20. The zero-order chi connectivity index (χ0) is 12.6. The van der Waals surface area contributed by atoms with Crippen LogP contribution in [0.15, 0.2) is 18.7 Å². The third kappa shape index (κ3) is 2.15. The lowest BCUT2D eigenvalue weighted by Crippen LogP contribution is -2.35. The van der Waals surface area contributed by atoms with Crippen molar-refractivity contribution in [2.75, 3.05) is 16.8 Å². The van der Waals surface area contributed by atoms with E-state index in [4.69, 9.17) is 0 Å². The van der Waals surface area contributed by atoms with Crippen LogP contribution in [0.25, 0.3) is 5.65 Å². The van der Waals surface area contributed by atoms with Gasteiger partial charge in [-0.1, -0.05) is 0 Å². The fourth-order valence-corrected chi connectivity index (χ4v) is 3.83. The molecule has 1 unspecified atom stereocenters. The minimum absolute atomic E-state index is 0.0980. The van der Waals surface area contributed by atoms with Crippen molar-refractivity contribution in [1.29, 1.82) is 0 Å². The van der Waals surface area contributed by atoms with Crippen molar-refractivity contribution < 1.29 is 8.42 Å². The summed E-state index contributed by atoms with van der Waals surface area (Å²) in [6.07, 6.45) is 6.49. The number of fused-ring (bicyclic) bond motifs is 1. The molecule has 2 aromatic rings. The quantitative estimate of drug-likeness (QED) is 0.831. The molecule has 1 aliphatic rings. The van der Waals surface area contributed by atoms with E-state index >= 15 is 0 Å². The van der Waals surface area contributed by atoms with Gasteiger partial charge in [0.25, 0.3) is 0 Å². The summed E-state index contributed by atoms with van der Waals surface area (Å²) in [5.74, 6) is 1.02. The smallest absolute Gasteiger partial charge is 0.203 e. The first-order valence-electron chi connectivity index (χ1n) is 5.75. The zero-order valence-corrected chi connectivity index (χ0v) is 10.5. The molecule has 0 radical (unpaired) electrons. The van der Waals surface area contributed by atoms with Crippen LogP contribution in [0.1, 0.15) is 12.8 Å². The molecular formula is C10H13N5O2S. The van der Waals surface area contributed by atoms with Crippen molar-refractivity contribution in [2.24, 2.45) is 0 Å². The Morgan fingerprint density at radius 3 is 3.17 bits per heavy atom. The molecule has 0 aliphatic carbocycles. The molecule has 0 saturated carbocycles. The van der Waals surface area contributed by atoms with E-state index in [1.54, 1.807) is 23.1 Å². The summed E-state index contributed by atoms with van der Waals surface area (Å²) >= 11 is 0. The second-order valence-electron chi connectivity index (χ2n) is 4.44. The van der Waals surface area contributed by atoms with Crippen LogP contribution >= 0.6 is 0 Å². The average Bonchev–Trinajstić information content (AvgIpc) is 2.77. The third-order valence-electron chi connectivity index (χ3n) is 3.02. The third-order valence-corrected chi connectivity index (χ3v) is 4.84. The van der Waals surface area contributed by atoms with Gasteiger partial charge in [0.15, 0.2) is 15.7 Å². The summed E-state index contributed by atoms with van der Waals surface area (Å²) in [6.45, 7) is 0. The van der Waals surface area contributed by atoms with E-state index in [1.165, 1.54) is 0 Å². The highest BCUT2D eigenvalue weighted by Crippen LogP contribution is 2.18. The molecule has 1 fully saturated rings. The minimum atomic E-state index is -2.93. The van der Waals surface area contributed by atoms with E-state index in [9.17, 15) is 8.42 Å². The summed E-state index contributed by atoms with van der Waals surface area (Å²) in [4.78, 5) is 4.19. The lowest BCUT2D eigenvalue weighted by molar-refractivity contribution is 0.561. The van der Waals surface area contributed by atoms with Gasteiger partial charge in [-0.15, -0.1) is 10.2 Å². The van der Waals surface area contributed by atoms with Crippen molar-refractivity contribution in [1.82, 2.24) is 19.6 Å². The first kappa shape index (κ1) is 11.4. The van der Waals surface area contributed by atoms with Crippen LogP contribution < -0.4 is 5.32 Å². The summed E-state index contributed by atoms with van der Waals surface area (Å²) < 4.78 is 24.9. The van der Waals surface area contributed by atoms with Crippen LogP contribution in [0.4, 0.5) is 5.82 Å². The van der Waals surface area contributed by atoms with E-state index in [2.05, 4.69) is 20.5 Å². The van der Waals surface area contributed by atoms with E-state index < -0.39 is 9.84 Å². The highest BCUT2D eigenvalue weighted by molar-refractivity contribution is 7.91. The minimum Gasteiger partial charge on any atom is -0.363 e. The molecule has 18 heavy (non-hydrogen) atoms. The fraction of sp³-hybridized carbons (Fsp3) is 0.500. The van der Waals surface area contributed by atoms with Gasteiger partial charge in [0.1, 0.15) is 6.33 Å². The topological polar surface area (TPSA) is 89.2 Å². The lowest BCUT2D eigenvalue weighted by Gasteiger charge is -2.23. The van der Waals surface area contributed by atoms with Crippen LogP contribution in [0.5, 0.6) is 0 Å². The largest absolute Gasteiger partial charge is 0.363 e. The molecule has 8 heteroatoms. The molecule has 1 saturated heterocycles. The molecule has 96 valence electrons. The maximum atomic E-state index is 11.6. The van der Waals surface area contributed by atoms with E-state index in [-0.39, 0.29) is 17.5 Å². The van der Waals surface area contributed by atoms with Gasteiger partial charge in [-0.2, -0.15) is 0 Å². The maximum absolute atomic E-state index is 11.6. The van der Waals surface area contributed by atoms with Gasteiger partial charge < -0.3 is 5.32 Å². The number of hydrogen-bond acceptors (Lipinski definition) is 6. The average molecular weight is 267 g/mol. The Hall–Kier alpha value is -1.70. The van der Waals surface area contributed by atoms with Gasteiger partial charge in [-0.25, -0.2) is 13.4 Å². The molecule has 7 nitrogen and oxygen atoms in total. The SMILES string of the molecule is O=S1(=O)CCCC(Nc2nccn3cnnc23)C1. The molecule has 1 atom stereocenters. The van der Waals surface area contributed by atoms with E-state index in [0.717, 1.165) is 6.42 Å². The van der Waals surface area contributed by atoms with Crippen LogP contribution in [0, 0.1) is 0 Å². The zero-order valence-electron chi connectivity index (χ0n) is 9.65. The molecule has 0 spiro atoms. The molecule has 1 N–H and O–H groups in total. The van der Waals surface area contributed by atoms with Crippen molar-refractivity contribution in [3.05, 3.63) is 18.7 Å². The number of anilines is 1. The first-order valence-corrected chi connectivity index (χ1v) is 7.57. The van der Waals surface area contributed by atoms with Gasteiger partial charge in [-0.3, -0.25) is 4.40 Å². The number of nitrogens with zero attached hydrogens (tertiary/aromatic N) is 4. The number of hydrogen-bond donors (Lipinski definition) is 1. The Labute approximate surface area is 104 Å². The molecule has 2 aromatic heterocycles. The van der Waals surface area contributed by atoms with Gasteiger partial charge in [-0.05, 0) is 12.8 Å². The Morgan fingerprint density at radius 2 is 2.33 bits per heavy atom. The van der Waals surface area contributed by atoms with Gasteiger partial charge in [0.2, 0.25) is 5.65 Å². The van der Waals surface area contributed by atoms with Crippen LogP contribution in [0.2, 0.25) is 0 Å². The van der Waals surface area contributed by atoms with Gasteiger partial charge >= 0.3 is 0 Å². The molecule has 3 heterocycles. The Kier molecular flexibility index (Phi) is 2.66. The van der Waals surface area contributed by atoms with Crippen molar-refractivity contribution in [2.45, 2.75) is 18.9 Å². The van der Waals surface area contributed by atoms with Crippen molar-refractivity contribution >= 4 is 21.3 Å². The van der Waals surface area contributed by atoms with Gasteiger partial charge in [0, 0.05) is 18.4 Å². The Morgan fingerprint density at radius 1 is 1.44 bits per heavy atom. The van der Waals surface area contributed by atoms with Crippen LogP contribution in [-0.4, -0.2) is 45.5 Å². The monoisotopic (exact) mass is 267 g/mol. The summed E-state index contributed by atoms with van der Waals surface area (Å²) in [6, 6.07) is -0.0980. The van der Waals surface area contributed by atoms with Crippen molar-refractivity contribution in [3.8, 4) is 0 Å². The summed E-state index contributed by atoms with van der Waals surface area (Å²) in [7, 11) is -2.93. The maximum Gasteiger partial charge on any atom is 0.203 e. The molecule has 0 amide bonds. The second-order valence-corrected chi connectivity index (χ2v) is 6.66. The van der Waals surface area contributed by atoms with Gasteiger partial charge in [0.05, 0.1) is 11.5 Å². The number of aromatic nitrogens is 4. The highest BCUT2D eigenvalue weighted by atomic mass is 32.2. The number of rotatable bonds is 2. The number of nitrogens with one attached hydrogen (secondary N) is 1. The predicted molar refractivity (Wildman–Crippen MR) is 66.1 cm³/mol. The predicted octanol–water partition coefficient (Wildman–Crippen LogP) is 0.113. The standard InChI is InChI=1S/C10H13N5O2S/c16-18(17)5-1-2-8(6-18)13-9-10-14-12-7-15(10)4-3-11-9/h3-4,7-8H,1-2,5-6H2,(H,11,13). The van der Waals surface area contributed by atoms with E-state index in [1.807, 2.05) is 0 Å². The summed E-state index contributed by atoms with van der Waals surface area (Å²) in [5.41, 5.74) is 0.612. The number of sulfone groups is 1.